The summed E-state index contributed by atoms with van der Waals surface area (Å²) in [7, 11) is 0. The van der Waals surface area contributed by atoms with Gasteiger partial charge in [-0.3, -0.25) is 4.79 Å². The normalized spacial score (nSPS) is 44.8. The molecule has 1 unspecified atom stereocenters. The van der Waals surface area contributed by atoms with E-state index in [9.17, 15) is 4.79 Å². The molecule has 0 heterocycles. The van der Waals surface area contributed by atoms with Gasteiger partial charge in [0.1, 0.15) is 4.33 Å². The molecular weight excluding hydrogens is 305 g/mol. The molecule has 118 valence electrons. The van der Waals surface area contributed by atoms with Crippen LogP contribution in [0, 0.1) is 29.6 Å². The van der Waals surface area contributed by atoms with Crippen LogP contribution in [0.15, 0.2) is 0 Å². The van der Waals surface area contributed by atoms with Crippen molar-refractivity contribution in [1.29, 1.82) is 0 Å². The van der Waals surface area contributed by atoms with Crippen molar-refractivity contribution in [2.45, 2.75) is 68.2 Å². The second kappa shape index (κ2) is 5.30. The van der Waals surface area contributed by atoms with E-state index in [4.69, 9.17) is 23.2 Å². The molecule has 0 spiro atoms. The van der Waals surface area contributed by atoms with Crippen molar-refractivity contribution in [3.8, 4) is 0 Å². The number of amides is 1. The summed E-state index contributed by atoms with van der Waals surface area (Å²) in [6.07, 6.45) is 10.8. The molecule has 5 atom stereocenters. The smallest absolute Gasteiger partial charge is 0.223 e. The minimum absolute atomic E-state index is 0.296. The Morgan fingerprint density at radius 3 is 2.00 bits per heavy atom. The van der Waals surface area contributed by atoms with Gasteiger partial charge in [0.05, 0.1) is 0 Å². The number of nitrogens with one attached hydrogen (secondary N) is 1. The second-order valence-electron chi connectivity index (χ2n) is 7.74. The molecule has 0 aromatic heterocycles. The van der Waals surface area contributed by atoms with Crippen LogP contribution >= 0.6 is 23.2 Å². The Morgan fingerprint density at radius 1 is 0.857 bits per heavy atom. The van der Waals surface area contributed by atoms with Gasteiger partial charge in [0.15, 0.2) is 0 Å². The zero-order valence-corrected chi connectivity index (χ0v) is 14.0. The summed E-state index contributed by atoms with van der Waals surface area (Å²) >= 11 is 12.7. The largest absolute Gasteiger partial charge is 0.353 e. The highest BCUT2D eigenvalue weighted by molar-refractivity contribution is 6.51. The number of hydrogen-bond donors (Lipinski definition) is 1. The van der Waals surface area contributed by atoms with Crippen LogP contribution in [0.4, 0.5) is 0 Å². The van der Waals surface area contributed by atoms with Crippen LogP contribution < -0.4 is 5.32 Å². The Labute approximate surface area is 137 Å². The summed E-state index contributed by atoms with van der Waals surface area (Å²) in [5.74, 6) is 2.84. The van der Waals surface area contributed by atoms with Gasteiger partial charge in [-0.25, -0.2) is 0 Å². The van der Waals surface area contributed by atoms with Gasteiger partial charge in [-0.2, -0.15) is 0 Å². The summed E-state index contributed by atoms with van der Waals surface area (Å²) < 4.78 is -0.448. The van der Waals surface area contributed by atoms with E-state index in [1.165, 1.54) is 32.1 Å². The molecule has 0 saturated heterocycles. The van der Waals surface area contributed by atoms with Gasteiger partial charge in [-0.1, -0.05) is 19.3 Å². The molecule has 0 aromatic rings. The maximum atomic E-state index is 12.5. The van der Waals surface area contributed by atoms with E-state index in [1.807, 2.05) is 0 Å². The fourth-order valence-corrected chi connectivity index (χ4v) is 6.08. The number of carbonyl (C=O) groups excluding carboxylic acids is 1. The van der Waals surface area contributed by atoms with Crippen molar-refractivity contribution in [3.63, 3.8) is 0 Å². The van der Waals surface area contributed by atoms with E-state index in [0.717, 1.165) is 25.7 Å². The average molecular weight is 330 g/mol. The van der Waals surface area contributed by atoms with Crippen LogP contribution in [0.2, 0.25) is 0 Å². The maximum absolute atomic E-state index is 12.5. The van der Waals surface area contributed by atoms with E-state index in [1.54, 1.807) is 0 Å². The first-order valence-electron chi connectivity index (χ1n) is 8.77. The van der Waals surface area contributed by atoms with E-state index in [0.29, 0.717) is 41.5 Å². The van der Waals surface area contributed by atoms with Crippen LogP contribution in [0.1, 0.15) is 57.8 Å². The molecule has 0 aliphatic heterocycles. The number of halogens is 2. The zero-order valence-electron chi connectivity index (χ0n) is 12.5. The van der Waals surface area contributed by atoms with Gasteiger partial charge < -0.3 is 5.32 Å². The van der Waals surface area contributed by atoms with Gasteiger partial charge in [0, 0.05) is 12.0 Å². The molecule has 4 aliphatic carbocycles. The molecule has 4 rings (SSSR count). The predicted octanol–water partition coefficient (Wildman–Crippen LogP) is 4.29. The Hall–Kier alpha value is 0.0500. The lowest BCUT2D eigenvalue weighted by molar-refractivity contribution is -0.123. The zero-order chi connectivity index (χ0) is 14.6. The third kappa shape index (κ3) is 2.61. The molecule has 1 amide bonds. The van der Waals surface area contributed by atoms with Crippen molar-refractivity contribution in [2.24, 2.45) is 29.6 Å². The van der Waals surface area contributed by atoms with Gasteiger partial charge in [-0.05, 0) is 62.2 Å². The first kappa shape index (κ1) is 14.6. The van der Waals surface area contributed by atoms with Crippen LogP contribution in [0.5, 0.6) is 0 Å². The lowest BCUT2D eigenvalue weighted by Gasteiger charge is -2.22. The molecule has 21 heavy (non-hydrogen) atoms. The number of fused-ring (bicyclic) bond motifs is 2. The van der Waals surface area contributed by atoms with Gasteiger partial charge in [0.2, 0.25) is 5.91 Å². The molecule has 4 saturated carbocycles. The van der Waals surface area contributed by atoms with Crippen LogP contribution in [0.25, 0.3) is 0 Å². The number of carbonyl (C=O) groups is 1. The summed E-state index contributed by atoms with van der Waals surface area (Å²) in [4.78, 5) is 12.5. The monoisotopic (exact) mass is 329 g/mol. The van der Waals surface area contributed by atoms with E-state index in [2.05, 4.69) is 5.32 Å². The van der Waals surface area contributed by atoms with Crippen molar-refractivity contribution >= 4 is 29.1 Å². The molecule has 2 nitrogen and oxygen atoms in total. The first-order valence-corrected chi connectivity index (χ1v) is 9.53. The molecule has 0 radical (unpaired) electrons. The summed E-state index contributed by atoms with van der Waals surface area (Å²) in [6, 6.07) is 0.449. The topological polar surface area (TPSA) is 29.1 Å². The molecule has 4 aliphatic rings. The van der Waals surface area contributed by atoms with Crippen molar-refractivity contribution in [2.75, 3.05) is 0 Å². The highest BCUT2D eigenvalue weighted by Gasteiger charge is 2.65. The van der Waals surface area contributed by atoms with Crippen LogP contribution in [-0.2, 0) is 4.79 Å². The van der Waals surface area contributed by atoms with E-state index >= 15 is 0 Å². The highest BCUT2D eigenvalue weighted by Crippen LogP contribution is 2.67. The lowest BCUT2D eigenvalue weighted by atomic mass is 9.95. The minimum atomic E-state index is -0.448. The quantitative estimate of drug-likeness (QED) is 0.752. The number of hydrogen-bond acceptors (Lipinski definition) is 1. The Kier molecular flexibility index (Phi) is 3.69. The van der Waals surface area contributed by atoms with Crippen LogP contribution in [0.3, 0.4) is 0 Å². The lowest BCUT2D eigenvalue weighted by Crippen LogP contribution is -2.37. The molecule has 0 bridgehead atoms. The molecule has 1 N–H and O–H groups in total. The molecule has 0 aromatic carbocycles. The molecular formula is C17H25Cl2NO. The Bertz CT molecular complexity index is 411. The van der Waals surface area contributed by atoms with Crippen molar-refractivity contribution in [3.05, 3.63) is 0 Å². The van der Waals surface area contributed by atoms with Crippen molar-refractivity contribution in [1.82, 2.24) is 5.32 Å². The highest BCUT2D eigenvalue weighted by atomic mass is 35.5. The number of rotatable bonds is 2. The summed E-state index contributed by atoms with van der Waals surface area (Å²) in [6.45, 7) is 0. The SMILES string of the molecule is O=C(NC1CCCCC1)C1[C@H]2CC[C@@H]3[C@@H](CC[C@@H]12)C3(Cl)Cl. The maximum Gasteiger partial charge on any atom is 0.223 e. The fourth-order valence-electron chi connectivity index (χ4n) is 5.16. The first-order chi connectivity index (χ1) is 10.1. The summed E-state index contributed by atoms with van der Waals surface area (Å²) in [5, 5.41) is 3.33. The Balaban J connectivity index is 1.31. The molecule has 4 fully saturated rings. The second-order valence-corrected chi connectivity index (χ2v) is 9.18. The third-order valence-electron chi connectivity index (χ3n) is 6.57. The van der Waals surface area contributed by atoms with Gasteiger partial charge in [0.25, 0.3) is 0 Å². The molecule has 4 heteroatoms. The fraction of sp³-hybridized carbons (Fsp3) is 0.941. The van der Waals surface area contributed by atoms with E-state index < -0.39 is 4.33 Å². The minimum Gasteiger partial charge on any atom is -0.353 e. The van der Waals surface area contributed by atoms with Gasteiger partial charge >= 0.3 is 0 Å². The standard InChI is InChI=1S/C17H25Cl2NO/c18-17(19)13-8-6-11-12(7-9-14(13)17)15(11)16(21)20-10-4-2-1-3-5-10/h10-15H,1-9H2,(H,20,21)/t11-,12+,13-,14-,15?/m1/s1. The predicted molar refractivity (Wildman–Crippen MR) is 85.4 cm³/mol. The Morgan fingerprint density at radius 2 is 1.43 bits per heavy atom. The van der Waals surface area contributed by atoms with E-state index in [-0.39, 0.29) is 0 Å². The van der Waals surface area contributed by atoms with Crippen molar-refractivity contribution < 1.29 is 4.79 Å². The third-order valence-corrected chi connectivity index (χ3v) is 7.69. The van der Waals surface area contributed by atoms with Gasteiger partial charge in [-0.15, -0.1) is 23.2 Å². The number of alkyl halides is 2. The van der Waals surface area contributed by atoms with Crippen LogP contribution in [-0.4, -0.2) is 16.3 Å². The summed E-state index contributed by atoms with van der Waals surface area (Å²) in [5.41, 5.74) is 0. The average Bonchev–Trinajstić information content (AvgIpc) is 3.24.